The lowest BCUT2D eigenvalue weighted by atomic mass is 10.1. The molecule has 0 unspecified atom stereocenters. The van der Waals surface area contributed by atoms with Crippen LogP contribution in [-0.4, -0.2) is 30.8 Å². The Hall–Kier alpha value is -1.13. The van der Waals surface area contributed by atoms with Crippen LogP contribution in [0.3, 0.4) is 0 Å². The Morgan fingerprint density at radius 1 is 1.32 bits per heavy atom. The number of ether oxygens (including phenoxy) is 2. The van der Waals surface area contributed by atoms with Crippen LogP contribution in [0, 0.1) is 6.92 Å². The first-order valence-electron chi connectivity index (χ1n) is 6.83. The quantitative estimate of drug-likeness (QED) is 0.785. The van der Waals surface area contributed by atoms with E-state index in [2.05, 4.69) is 31.1 Å². The van der Waals surface area contributed by atoms with Crippen LogP contribution in [-0.2, 0) is 11.3 Å². The highest BCUT2D eigenvalue weighted by molar-refractivity contribution is 5.29. The van der Waals surface area contributed by atoms with E-state index >= 15 is 0 Å². The van der Waals surface area contributed by atoms with Crippen LogP contribution in [0.15, 0.2) is 12.1 Å². The molecule has 1 aromatic heterocycles. The average Bonchev–Trinajstić information content (AvgIpc) is 2.38. The van der Waals surface area contributed by atoms with E-state index in [4.69, 9.17) is 9.47 Å². The summed E-state index contributed by atoms with van der Waals surface area (Å²) in [4.78, 5) is 4.53. The zero-order valence-electron chi connectivity index (χ0n) is 12.7. The summed E-state index contributed by atoms with van der Waals surface area (Å²) in [6.07, 6.45) is 0.845. The van der Waals surface area contributed by atoms with Crippen molar-refractivity contribution in [3.05, 3.63) is 23.5 Å². The van der Waals surface area contributed by atoms with Crippen LogP contribution in [0.4, 0.5) is 0 Å². The van der Waals surface area contributed by atoms with Gasteiger partial charge in [-0.1, -0.05) is 6.92 Å². The molecule has 1 heterocycles. The van der Waals surface area contributed by atoms with Gasteiger partial charge in [0.25, 0.3) is 0 Å². The second kappa shape index (κ2) is 7.46. The minimum absolute atomic E-state index is 0.153. The lowest BCUT2D eigenvalue weighted by molar-refractivity contribution is 0.00533. The fourth-order valence-electron chi connectivity index (χ4n) is 1.61. The molecule has 19 heavy (non-hydrogen) atoms. The van der Waals surface area contributed by atoms with E-state index in [1.165, 1.54) is 0 Å². The highest BCUT2D eigenvalue weighted by atomic mass is 16.5. The minimum Gasteiger partial charge on any atom is -0.492 e. The van der Waals surface area contributed by atoms with E-state index in [0.29, 0.717) is 6.61 Å². The van der Waals surface area contributed by atoms with E-state index in [1.54, 1.807) is 7.11 Å². The van der Waals surface area contributed by atoms with Gasteiger partial charge in [-0.3, -0.25) is 4.98 Å². The molecule has 0 aliphatic heterocycles. The number of hydrogen-bond donors (Lipinski definition) is 1. The van der Waals surface area contributed by atoms with Gasteiger partial charge in [0.2, 0.25) is 0 Å². The predicted molar refractivity (Wildman–Crippen MR) is 77.6 cm³/mol. The summed E-state index contributed by atoms with van der Waals surface area (Å²) in [5, 5.41) is 3.28. The molecule has 0 fully saturated rings. The van der Waals surface area contributed by atoms with Gasteiger partial charge in [0.1, 0.15) is 5.75 Å². The molecule has 0 atom stereocenters. The molecule has 0 amide bonds. The normalized spacial score (nSPS) is 11.6. The van der Waals surface area contributed by atoms with Crippen molar-refractivity contribution in [2.24, 2.45) is 0 Å². The Morgan fingerprint density at radius 3 is 2.68 bits per heavy atom. The first kappa shape index (κ1) is 15.9. The topological polar surface area (TPSA) is 43.4 Å². The van der Waals surface area contributed by atoms with Crippen molar-refractivity contribution >= 4 is 0 Å². The van der Waals surface area contributed by atoms with Gasteiger partial charge >= 0.3 is 0 Å². The summed E-state index contributed by atoms with van der Waals surface area (Å²) in [5.41, 5.74) is 1.83. The minimum atomic E-state index is -0.153. The van der Waals surface area contributed by atoms with Gasteiger partial charge in [-0.05, 0) is 39.4 Å². The Bertz CT molecular complexity index is 392. The lowest BCUT2D eigenvalue weighted by Crippen LogP contribution is -2.25. The van der Waals surface area contributed by atoms with Crippen LogP contribution in [0.1, 0.15) is 38.6 Å². The molecule has 1 aromatic rings. The van der Waals surface area contributed by atoms with E-state index in [-0.39, 0.29) is 5.60 Å². The number of rotatable bonds is 8. The van der Waals surface area contributed by atoms with Gasteiger partial charge in [-0.15, -0.1) is 0 Å². The van der Waals surface area contributed by atoms with Gasteiger partial charge in [-0.2, -0.15) is 0 Å². The molecule has 0 aliphatic rings. The maximum absolute atomic E-state index is 5.84. The number of hydrogen-bond acceptors (Lipinski definition) is 4. The number of aryl methyl sites for hydroxylation is 1. The van der Waals surface area contributed by atoms with Gasteiger partial charge < -0.3 is 14.8 Å². The molecule has 0 aliphatic carbocycles. The molecule has 1 rings (SSSR count). The maximum Gasteiger partial charge on any atom is 0.142 e. The van der Waals surface area contributed by atoms with Crippen molar-refractivity contribution in [1.82, 2.24) is 10.3 Å². The third-order valence-electron chi connectivity index (χ3n) is 3.13. The third kappa shape index (κ3) is 5.57. The largest absolute Gasteiger partial charge is 0.492 e. The van der Waals surface area contributed by atoms with Gasteiger partial charge in [0.05, 0.1) is 17.9 Å². The monoisotopic (exact) mass is 266 g/mol. The molecule has 0 saturated heterocycles. The summed E-state index contributed by atoms with van der Waals surface area (Å²) in [5.74, 6) is 0.860. The summed E-state index contributed by atoms with van der Waals surface area (Å²) < 4.78 is 11.2. The summed E-state index contributed by atoms with van der Waals surface area (Å²) in [7, 11) is 1.73. The van der Waals surface area contributed by atoms with Crippen LogP contribution >= 0.6 is 0 Å². The predicted octanol–water partition coefficient (Wildman–Crippen LogP) is 2.69. The molecule has 0 bridgehead atoms. The highest BCUT2D eigenvalue weighted by Crippen LogP contribution is 2.19. The molecule has 0 radical (unpaired) electrons. The second-order valence-corrected chi connectivity index (χ2v) is 5.24. The van der Waals surface area contributed by atoms with Crippen LogP contribution in [0.5, 0.6) is 5.75 Å². The van der Waals surface area contributed by atoms with Crippen LogP contribution in [0.25, 0.3) is 0 Å². The number of methoxy groups -OCH3 is 1. The van der Waals surface area contributed by atoms with Crippen molar-refractivity contribution in [3.8, 4) is 5.75 Å². The van der Waals surface area contributed by atoms with Gasteiger partial charge in [0, 0.05) is 25.8 Å². The molecule has 1 N–H and O–H groups in total. The van der Waals surface area contributed by atoms with Gasteiger partial charge in [0.15, 0.2) is 0 Å². The van der Waals surface area contributed by atoms with E-state index in [0.717, 1.165) is 36.6 Å². The molecule has 108 valence electrons. The van der Waals surface area contributed by atoms with Crippen LogP contribution in [0.2, 0.25) is 0 Å². The Labute approximate surface area is 116 Å². The number of aromatic nitrogens is 1. The fraction of sp³-hybridized carbons (Fsp3) is 0.667. The smallest absolute Gasteiger partial charge is 0.142 e. The van der Waals surface area contributed by atoms with Crippen molar-refractivity contribution < 1.29 is 9.47 Å². The van der Waals surface area contributed by atoms with E-state index in [1.807, 2.05) is 19.1 Å². The Kier molecular flexibility index (Phi) is 6.25. The highest BCUT2D eigenvalue weighted by Gasteiger charge is 2.16. The summed E-state index contributed by atoms with van der Waals surface area (Å²) >= 11 is 0. The second-order valence-electron chi connectivity index (χ2n) is 5.24. The first-order valence-corrected chi connectivity index (χ1v) is 6.83. The standard InChI is InChI=1S/C15H26N2O2/c1-6-16-11-13-14(8-7-12(2)17-13)19-10-9-15(3,4)18-5/h7-8,16H,6,9-11H2,1-5H3. The van der Waals surface area contributed by atoms with Gasteiger partial charge in [-0.25, -0.2) is 0 Å². The number of pyridine rings is 1. The molecular formula is C15H26N2O2. The molecule has 0 aromatic carbocycles. The van der Waals surface area contributed by atoms with Crippen LogP contribution < -0.4 is 10.1 Å². The number of nitrogens with one attached hydrogen (secondary N) is 1. The summed E-state index contributed by atoms with van der Waals surface area (Å²) in [6, 6.07) is 3.97. The molecule has 0 saturated carbocycles. The van der Waals surface area contributed by atoms with Crippen molar-refractivity contribution in [3.63, 3.8) is 0 Å². The zero-order chi connectivity index (χ0) is 14.3. The Morgan fingerprint density at radius 2 is 2.05 bits per heavy atom. The third-order valence-corrected chi connectivity index (χ3v) is 3.13. The molecule has 4 nitrogen and oxygen atoms in total. The van der Waals surface area contributed by atoms with Crippen molar-refractivity contribution in [1.29, 1.82) is 0 Å². The molecule has 4 heteroatoms. The van der Waals surface area contributed by atoms with Crippen molar-refractivity contribution in [2.75, 3.05) is 20.3 Å². The molecular weight excluding hydrogens is 240 g/mol. The fourth-order valence-corrected chi connectivity index (χ4v) is 1.61. The van der Waals surface area contributed by atoms with E-state index < -0.39 is 0 Å². The lowest BCUT2D eigenvalue weighted by Gasteiger charge is -2.23. The van der Waals surface area contributed by atoms with Crippen molar-refractivity contribution in [2.45, 2.75) is 46.3 Å². The zero-order valence-corrected chi connectivity index (χ0v) is 12.7. The number of nitrogens with zero attached hydrogens (tertiary/aromatic N) is 1. The SMILES string of the molecule is CCNCc1nc(C)ccc1OCCC(C)(C)OC. The maximum atomic E-state index is 5.84. The molecule has 0 spiro atoms. The Balaban J connectivity index is 2.61. The summed E-state index contributed by atoms with van der Waals surface area (Å²) in [6.45, 7) is 10.5. The van der Waals surface area contributed by atoms with E-state index in [9.17, 15) is 0 Å². The first-order chi connectivity index (χ1) is 8.98. The average molecular weight is 266 g/mol.